The van der Waals surface area contributed by atoms with Crippen molar-refractivity contribution in [3.05, 3.63) is 29.8 Å². The van der Waals surface area contributed by atoms with Gasteiger partial charge >= 0.3 is 0 Å². The molecule has 2 amide bonds. The largest absolute Gasteiger partial charge is 0.351 e. The molecule has 112 valence electrons. The van der Waals surface area contributed by atoms with Crippen LogP contribution in [0.25, 0.3) is 0 Å². The molecule has 1 atom stereocenters. The van der Waals surface area contributed by atoms with Crippen molar-refractivity contribution in [2.45, 2.75) is 13.8 Å². The summed E-state index contributed by atoms with van der Waals surface area (Å²) in [4.78, 5) is 24.4. The van der Waals surface area contributed by atoms with Gasteiger partial charge in [-0.05, 0) is 26.0 Å². The van der Waals surface area contributed by atoms with Gasteiger partial charge in [0.05, 0.1) is 17.8 Å². The molecule has 0 aliphatic rings. The average molecular weight is 289 g/mol. The monoisotopic (exact) mass is 289 g/mol. The fourth-order valence-electron chi connectivity index (χ4n) is 1.91. The minimum atomic E-state index is -0.209. The van der Waals surface area contributed by atoms with Crippen molar-refractivity contribution in [1.29, 1.82) is 5.26 Å². The third kappa shape index (κ3) is 5.63. The molecule has 0 aliphatic carbocycles. The molecule has 0 heterocycles. The molecule has 0 aliphatic heterocycles. The lowest BCUT2D eigenvalue weighted by molar-refractivity contribution is -0.881. The fourth-order valence-corrected chi connectivity index (χ4v) is 1.91. The Bertz CT molecular complexity index is 537. The van der Waals surface area contributed by atoms with E-state index in [0.29, 0.717) is 24.3 Å². The lowest BCUT2D eigenvalue weighted by Crippen LogP contribution is -3.14. The van der Waals surface area contributed by atoms with Crippen LogP contribution in [0.15, 0.2) is 24.3 Å². The molecule has 0 fully saturated rings. The number of amides is 2. The molecule has 6 heteroatoms. The first-order valence-corrected chi connectivity index (χ1v) is 6.99. The van der Waals surface area contributed by atoms with Gasteiger partial charge in [-0.2, -0.15) is 5.26 Å². The van der Waals surface area contributed by atoms with Gasteiger partial charge in [0.25, 0.3) is 11.8 Å². The quantitative estimate of drug-likeness (QED) is 0.635. The first-order valence-electron chi connectivity index (χ1n) is 6.99. The van der Waals surface area contributed by atoms with Gasteiger partial charge in [0.15, 0.2) is 13.1 Å². The summed E-state index contributed by atoms with van der Waals surface area (Å²) in [6, 6.07) is 8.87. The van der Waals surface area contributed by atoms with E-state index in [1.165, 1.54) is 0 Å². The number of carbonyl (C=O) groups excluding carboxylic acids is 2. The van der Waals surface area contributed by atoms with E-state index in [1.807, 2.05) is 19.9 Å². The summed E-state index contributed by atoms with van der Waals surface area (Å²) < 4.78 is 0. The zero-order chi connectivity index (χ0) is 15.7. The van der Waals surface area contributed by atoms with Crippen molar-refractivity contribution in [2.24, 2.45) is 0 Å². The van der Waals surface area contributed by atoms with Crippen molar-refractivity contribution < 1.29 is 14.5 Å². The number of quaternary nitrogens is 1. The highest BCUT2D eigenvalue weighted by Gasteiger charge is 2.16. The van der Waals surface area contributed by atoms with Crippen LogP contribution in [-0.4, -0.2) is 38.0 Å². The molecule has 6 nitrogen and oxygen atoms in total. The van der Waals surface area contributed by atoms with Crippen LogP contribution < -0.4 is 15.5 Å². The Morgan fingerprint density at radius 3 is 2.48 bits per heavy atom. The third-order valence-electron chi connectivity index (χ3n) is 3.02. The first kappa shape index (κ1) is 16.7. The maximum absolute atomic E-state index is 12.0. The van der Waals surface area contributed by atoms with E-state index in [9.17, 15) is 9.59 Å². The van der Waals surface area contributed by atoms with Crippen molar-refractivity contribution >= 4 is 17.5 Å². The molecule has 1 aromatic carbocycles. The number of nitrogens with zero attached hydrogens (tertiary/aromatic N) is 1. The Morgan fingerprint density at radius 1 is 1.19 bits per heavy atom. The Labute approximate surface area is 124 Å². The maximum atomic E-state index is 12.0. The number of nitrogens with one attached hydrogen (secondary N) is 3. The van der Waals surface area contributed by atoms with Gasteiger partial charge in [0.1, 0.15) is 6.07 Å². The summed E-state index contributed by atoms with van der Waals surface area (Å²) in [6.45, 7) is 5.48. The Hall–Kier alpha value is -2.39. The number of anilines is 1. The summed E-state index contributed by atoms with van der Waals surface area (Å²) in [7, 11) is 0. The highest BCUT2D eigenvalue weighted by molar-refractivity contribution is 5.92. The molecule has 1 unspecified atom stereocenters. The summed E-state index contributed by atoms with van der Waals surface area (Å²) in [5.74, 6) is -0.279. The van der Waals surface area contributed by atoms with E-state index >= 15 is 0 Å². The van der Waals surface area contributed by atoms with Crippen LogP contribution >= 0.6 is 0 Å². The molecule has 1 rings (SSSR count). The van der Waals surface area contributed by atoms with E-state index < -0.39 is 0 Å². The van der Waals surface area contributed by atoms with E-state index in [0.717, 1.165) is 4.90 Å². The molecule has 1 aromatic rings. The number of likely N-dealkylation sites (N-methyl/N-ethyl adjacent to an activating group) is 2. The first-order chi connectivity index (χ1) is 10.1. The second kappa shape index (κ2) is 8.72. The topological polar surface area (TPSA) is 86.4 Å². The number of benzene rings is 1. The molecule has 0 saturated carbocycles. The number of hydrogen-bond donors (Lipinski definition) is 3. The van der Waals surface area contributed by atoms with Crippen molar-refractivity contribution in [2.75, 3.05) is 31.5 Å². The second-order valence-corrected chi connectivity index (χ2v) is 4.62. The highest BCUT2D eigenvalue weighted by atomic mass is 16.2. The van der Waals surface area contributed by atoms with Gasteiger partial charge in [0, 0.05) is 6.54 Å². The van der Waals surface area contributed by atoms with Crippen LogP contribution in [0.3, 0.4) is 0 Å². The maximum Gasteiger partial charge on any atom is 0.279 e. The summed E-state index contributed by atoms with van der Waals surface area (Å²) in [6.07, 6.45) is 0. The SMILES string of the molecule is CCNC(=O)C[NH+](CC)CC(=O)Nc1ccccc1C#N. The lowest BCUT2D eigenvalue weighted by Gasteiger charge is -2.16. The van der Waals surface area contributed by atoms with Gasteiger partial charge in [-0.15, -0.1) is 0 Å². The van der Waals surface area contributed by atoms with E-state index in [-0.39, 0.29) is 24.9 Å². The molecule has 0 bridgehead atoms. The summed E-state index contributed by atoms with van der Waals surface area (Å²) >= 11 is 0. The molecular formula is C15H21N4O2+. The van der Waals surface area contributed by atoms with Crippen molar-refractivity contribution in [3.8, 4) is 6.07 Å². The normalized spacial score (nSPS) is 11.3. The van der Waals surface area contributed by atoms with Crippen molar-refractivity contribution in [1.82, 2.24) is 5.32 Å². The molecule has 0 radical (unpaired) electrons. The lowest BCUT2D eigenvalue weighted by atomic mass is 10.2. The van der Waals surface area contributed by atoms with E-state index in [2.05, 4.69) is 10.6 Å². The number of hydrogen-bond acceptors (Lipinski definition) is 3. The van der Waals surface area contributed by atoms with Crippen LogP contribution in [0.1, 0.15) is 19.4 Å². The standard InChI is InChI=1S/C15H20N4O2/c1-3-17-14(20)10-19(4-2)11-15(21)18-13-8-6-5-7-12(13)9-16/h5-8H,3-4,10-11H2,1-2H3,(H,17,20)(H,18,21)/p+1. The number of rotatable bonds is 7. The molecule has 3 N–H and O–H groups in total. The van der Waals surface area contributed by atoms with Gasteiger partial charge < -0.3 is 15.5 Å². The third-order valence-corrected chi connectivity index (χ3v) is 3.02. The summed E-state index contributed by atoms with van der Waals surface area (Å²) in [5.41, 5.74) is 0.922. The molecule has 0 aromatic heterocycles. The minimum Gasteiger partial charge on any atom is -0.351 e. The highest BCUT2D eigenvalue weighted by Crippen LogP contribution is 2.12. The number of carbonyl (C=O) groups is 2. The number of para-hydroxylation sites is 1. The minimum absolute atomic E-state index is 0.0698. The number of nitriles is 1. The summed E-state index contributed by atoms with van der Waals surface area (Å²) in [5, 5.41) is 14.4. The van der Waals surface area contributed by atoms with Gasteiger partial charge in [-0.3, -0.25) is 9.59 Å². The van der Waals surface area contributed by atoms with Gasteiger partial charge in [-0.25, -0.2) is 0 Å². The zero-order valence-corrected chi connectivity index (χ0v) is 12.4. The van der Waals surface area contributed by atoms with E-state index in [1.54, 1.807) is 24.3 Å². The molecule has 21 heavy (non-hydrogen) atoms. The smallest absolute Gasteiger partial charge is 0.279 e. The predicted octanol–water partition coefficient (Wildman–Crippen LogP) is -0.462. The van der Waals surface area contributed by atoms with Crippen LogP contribution in [0.4, 0.5) is 5.69 Å². The Morgan fingerprint density at radius 2 is 1.86 bits per heavy atom. The Balaban J connectivity index is 2.59. The molecule has 0 saturated heterocycles. The van der Waals surface area contributed by atoms with Crippen LogP contribution in [0.5, 0.6) is 0 Å². The molecule has 0 spiro atoms. The van der Waals surface area contributed by atoms with Crippen LogP contribution in [0, 0.1) is 11.3 Å². The van der Waals surface area contributed by atoms with E-state index in [4.69, 9.17) is 5.26 Å². The predicted molar refractivity (Wildman–Crippen MR) is 79.7 cm³/mol. The second-order valence-electron chi connectivity index (χ2n) is 4.62. The van der Waals surface area contributed by atoms with Crippen molar-refractivity contribution in [3.63, 3.8) is 0 Å². The van der Waals surface area contributed by atoms with Gasteiger partial charge in [-0.1, -0.05) is 12.1 Å². The van der Waals surface area contributed by atoms with Crippen LogP contribution in [0.2, 0.25) is 0 Å². The van der Waals surface area contributed by atoms with Gasteiger partial charge in [0.2, 0.25) is 0 Å². The fraction of sp³-hybridized carbons (Fsp3) is 0.400. The zero-order valence-electron chi connectivity index (χ0n) is 12.4. The molecular weight excluding hydrogens is 268 g/mol. The van der Waals surface area contributed by atoms with Crippen LogP contribution in [-0.2, 0) is 9.59 Å². The average Bonchev–Trinajstić information content (AvgIpc) is 2.47. The Kier molecular flexibility index (Phi) is 6.92.